The molecular weight excluding hydrogens is 194 g/mol. The first-order valence-electron chi connectivity index (χ1n) is 7.04. The Balaban J connectivity index is 4.29. The maximum absolute atomic E-state index is 3.69. The van der Waals surface area contributed by atoms with Crippen LogP contribution in [0.1, 0.15) is 67.7 Å². The second kappa shape index (κ2) is 7.32. The van der Waals surface area contributed by atoms with Gasteiger partial charge in [-0.2, -0.15) is 0 Å². The average molecular weight is 227 g/mol. The Hall–Kier alpha value is -0.0400. The molecule has 1 N–H and O–H groups in total. The van der Waals surface area contributed by atoms with Gasteiger partial charge >= 0.3 is 0 Å². The summed E-state index contributed by atoms with van der Waals surface area (Å²) in [5.74, 6) is 2.41. The van der Waals surface area contributed by atoms with E-state index >= 15 is 0 Å². The molecule has 0 rings (SSSR count). The van der Waals surface area contributed by atoms with E-state index in [2.05, 4.69) is 53.8 Å². The molecule has 0 aliphatic rings. The van der Waals surface area contributed by atoms with Gasteiger partial charge in [-0.25, -0.2) is 0 Å². The van der Waals surface area contributed by atoms with Crippen LogP contribution >= 0.6 is 0 Å². The second-order valence-corrected chi connectivity index (χ2v) is 6.63. The predicted molar refractivity (Wildman–Crippen MR) is 74.8 cm³/mol. The van der Waals surface area contributed by atoms with Crippen LogP contribution in [0.3, 0.4) is 0 Å². The first kappa shape index (κ1) is 16.0. The molecule has 0 amide bonds. The zero-order valence-corrected chi connectivity index (χ0v) is 12.6. The molecule has 1 nitrogen and oxygen atoms in total. The Morgan fingerprint density at radius 2 is 1.50 bits per heavy atom. The van der Waals surface area contributed by atoms with E-state index in [1.165, 1.54) is 19.3 Å². The molecule has 0 aromatic rings. The third kappa shape index (κ3) is 7.27. The van der Waals surface area contributed by atoms with Crippen LogP contribution in [0.2, 0.25) is 0 Å². The minimum atomic E-state index is 0.331. The van der Waals surface area contributed by atoms with E-state index in [0.29, 0.717) is 5.54 Å². The van der Waals surface area contributed by atoms with Crippen molar-refractivity contribution in [3.8, 4) is 0 Å². The summed E-state index contributed by atoms with van der Waals surface area (Å²) >= 11 is 0. The summed E-state index contributed by atoms with van der Waals surface area (Å²) in [7, 11) is 0. The van der Waals surface area contributed by atoms with Crippen molar-refractivity contribution >= 4 is 0 Å². The largest absolute Gasteiger partial charge is 0.312 e. The second-order valence-electron chi connectivity index (χ2n) is 6.63. The summed E-state index contributed by atoms with van der Waals surface area (Å²) in [6, 6.07) is 0. The van der Waals surface area contributed by atoms with Crippen LogP contribution in [0.15, 0.2) is 0 Å². The molecule has 2 unspecified atom stereocenters. The molecule has 98 valence electrons. The van der Waals surface area contributed by atoms with Crippen molar-refractivity contribution in [1.82, 2.24) is 5.32 Å². The third-order valence-electron chi connectivity index (χ3n) is 3.14. The maximum Gasteiger partial charge on any atom is 0.0158 e. The molecule has 0 radical (unpaired) electrons. The summed E-state index contributed by atoms with van der Waals surface area (Å²) in [5, 5.41) is 3.69. The zero-order valence-electron chi connectivity index (χ0n) is 12.6. The Bertz CT molecular complexity index is 174. The lowest BCUT2D eigenvalue weighted by molar-refractivity contribution is 0.228. The van der Waals surface area contributed by atoms with Crippen LogP contribution in [0, 0.1) is 17.8 Å². The van der Waals surface area contributed by atoms with Gasteiger partial charge in [-0.3, -0.25) is 0 Å². The summed E-state index contributed by atoms with van der Waals surface area (Å²) in [6.45, 7) is 17.4. The molecule has 2 atom stereocenters. The molecular formula is C15H33N. The van der Waals surface area contributed by atoms with E-state index in [1.54, 1.807) is 0 Å². The van der Waals surface area contributed by atoms with Crippen LogP contribution in [0.4, 0.5) is 0 Å². The molecule has 0 heterocycles. The summed E-state index contributed by atoms with van der Waals surface area (Å²) < 4.78 is 0. The Morgan fingerprint density at radius 1 is 0.938 bits per heavy atom. The van der Waals surface area contributed by atoms with Gasteiger partial charge in [-0.1, -0.05) is 41.5 Å². The first-order chi connectivity index (χ1) is 7.29. The van der Waals surface area contributed by atoms with Crippen LogP contribution in [-0.4, -0.2) is 12.1 Å². The van der Waals surface area contributed by atoms with Crippen LogP contribution in [0.5, 0.6) is 0 Å². The summed E-state index contributed by atoms with van der Waals surface area (Å²) in [6.07, 6.45) is 3.93. The van der Waals surface area contributed by atoms with Gasteiger partial charge in [-0.15, -0.1) is 0 Å². The summed E-state index contributed by atoms with van der Waals surface area (Å²) in [5.41, 5.74) is 0.331. The highest BCUT2D eigenvalue weighted by Crippen LogP contribution is 2.27. The Labute approximate surface area is 103 Å². The molecule has 0 saturated carbocycles. The van der Waals surface area contributed by atoms with Crippen LogP contribution in [-0.2, 0) is 0 Å². The molecule has 0 aliphatic carbocycles. The van der Waals surface area contributed by atoms with E-state index in [-0.39, 0.29) is 0 Å². The molecule has 0 aliphatic heterocycles. The predicted octanol–water partition coefficient (Wildman–Crippen LogP) is 4.47. The van der Waals surface area contributed by atoms with Crippen molar-refractivity contribution < 1.29 is 0 Å². The minimum Gasteiger partial charge on any atom is -0.312 e. The molecule has 0 fully saturated rings. The van der Waals surface area contributed by atoms with Gasteiger partial charge in [0.05, 0.1) is 0 Å². The monoisotopic (exact) mass is 227 g/mol. The average Bonchev–Trinajstić information content (AvgIpc) is 1.98. The quantitative estimate of drug-likeness (QED) is 0.645. The topological polar surface area (TPSA) is 12.0 Å². The fourth-order valence-corrected chi connectivity index (χ4v) is 3.21. The molecule has 16 heavy (non-hydrogen) atoms. The first-order valence-corrected chi connectivity index (χ1v) is 7.04. The molecule has 0 bridgehead atoms. The SMILES string of the molecule is CCNC(C)(CC(C)C)CC(C)CC(C)C. The molecule has 1 heteroatoms. The number of hydrogen-bond donors (Lipinski definition) is 1. The third-order valence-corrected chi connectivity index (χ3v) is 3.14. The van der Waals surface area contributed by atoms with E-state index in [4.69, 9.17) is 0 Å². The van der Waals surface area contributed by atoms with Gasteiger partial charge in [0.1, 0.15) is 0 Å². The van der Waals surface area contributed by atoms with Crippen molar-refractivity contribution in [3.05, 3.63) is 0 Å². The number of rotatable bonds is 8. The van der Waals surface area contributed by atoms with Gasteiger partial charge < -0.3 is 5.32 Å². The Morgan fingerprint density at radius 3 is 1.88 bits per heavy atom. The van der Waals surface area contributed by atoms with Gasteiger partial charge in [0.2, 0.25) is 0 Å². The van der Waals surface area contributed by atoms with Crippen LogP contribution in [0.25, 0.3) is 0 Å². The molecule has 0 aromatic carbocycles. The lowest BCUT2D eigenvalue weighted by Crippen LogP contribution is -2.44. The van der Waals surface area contributed by atoms with E-state index in [1.807, 2.05) is 0 Å². The summed E-state index contributed by atoms with van der Waals surface area (Å²) in [4.78, 5) is 0. The molecule has 0 saturated heterocycles. The van der Waals surface area contributed by atoms with Gasteiger partial charge in [-0.05, 0) is 50.5 Å². The normalized spacial score (nSPS) is 17.8. The van der Waals surface area contributed by atoms with E-state index < -0.39 is 0 Å². The van der Waals surface area contributed by atoms with Crippen LogP contribution < -0.4 is 5.32 Å². The standard InChI is InChI=1S/C15H33N/c1-8-16-15(7,10-13(4)5)11-14(6)9-12(2)3/h12-14,16H,8-11H2,1-7H3. The Kier molecular flexibility index (Phi) is 7.30. The lowest BCUT2D eigenvalue weighted by atomic mass is 9.80. The highest BCUT2D eigenvalue weighted by atomic mass is 15.0. The van der Waals surface area contributed by atoms with E-state index in [9.17, 15) is 0 Å². The van der Waals surface area contributed by atoms with Gasteiger partial charge in [0.25, 0.3) is 0 Å². The highest BCUT2D eigenvalue weighted by molar-refractivity contribution is 4.85. The maximum atomic E-state index is 3.69. The molecule has 0 spiro atoms. The molecule has 0 aromatic heterocycles. The van der Waals surface area contributed by atoms with Crippen molar-refractivity contribution in [2.75, 3.05) is 6.54 Å². The van der Waals surface area contributed by atoms with Crippen molar-refractivity contribution in [2.45, 2.75) is 73.3 Å². The van der Waals surface area contributed by atoms with Gasteiger partial charge in [0.15, 0.2) is 0 Å². The van der Waals surface area contributed by atoms with Crippen molar-refractivity contribution in [1.29, 1.82) is 0 Å². The minimum absolute atomic E-state index is 0.331. The highest BCUT2D eigenvalue weighted by Gasteiger charge is 2.26. The number of nitrogens with one attached hydrogen (secondary N) is 1. The zero-order chi connectivity index (χ0) is 12.8. The smallest absolute Gasteiger partial charge is 0.0158 e. The van der Waals surface area contributed by atoms with E-state index in [0.717, 1.165) is 24.3 Å². The van der Waals surface area contributed by atoms with Crippen molar-refractivity contribution in [2.24, 2.45) is 17.8 Å². The lowest BCUT2D eigenvalue weighted by Gasteiger charge is -2.35. The fraction of sp³-hybridized carbons (Fsp3) is 1.00. The fourth-order valence-electron chi connectivity index (χ4n) is 3.21. The van der Waals surface area contributed by atoms with Crippen molar-refractivity contribution in [3.63, 3.8) is 0 Å². The number of hydrogen-bond acceptors (Lipinski definition) is 1. The van der Waals surface area contributed by atoms with Gasteiger partial charge in [0, 0.05) is 5.54 Å².